The third-order valence-electron chi connectivity index (χ3n) is 3.27. The first-order chi connectivity index (χ1) is 8.94. The Morgan fingerprint density at radius 3 is 2.89 bits per heavy atom. The van der Waals surface area contributed by atoms with Gasteiger partial charge in [-0.05, 0) is 32.4 Å². The SMILES string of the molecule is C[C@@H]1COCCN1c1cc(C(C)(C)C#N)nc(Cl)n1. The van der Waals surface area contributed by atoms with Crippen molar-refractivity contribution < 1.29 is 4.74 Å². The van der Waals surface area contributed by atoms with Crippen LogP contribution in [-0.2, 0) is 10.2 Å². The summed E-state index contributed by atoms with van der Waals surface area (Å²) in [7, 11) is 0. The fourth-order valence-electron chi connectivity index (χ4n) is 2.00. The second-order valence-electron chi connectivity index (χ2n) is 5.23. The summed E-state index contributed by atoms with van der Waals surface area (Å²) in [5.74, 6) is 0.758. The van der Waals surface area contributed by atoms with Gasteiger partial charge in [0.25, 0.3) is 0 Å². The molecule has 0 spiro atoms. The van der Waals surface area contributed by atoms with Crippen LogP contribution in [0.5, 0.6) is 0 Å². The van der Waals surface area contributed by atoms with Crippen LogP contribution in [0.1, 0.15) is 26.5 Å². The zero-order valence-corrected chi connectivity index (χ0v) is 12.1. The Morgan fingerprint density at radius 1 is 1.53 bits per heavy atom. The van der Waals surface area contributed by atoms with Gasteiger partial charge in [0.05, 0.1) is 36.4 Å². The van der Waals surface area contributed by atoms with E-state index in [1.165, 1.54) is 0 Å². The van der Waals surface area contributed by atoms with Crippen LogP contribution < -0.4 is 4.90 Å². The van der Waals surface area contributed by atoms with Gasteiger partial charge in [-0.3, -0.25) is 0 Å². The zero-order chi connectivity index (χ0) is 14.0. The highest BCUT2D eigenvalue weighted by atomic mass is 35.5. The summed E-state index contributed by atoms with van der Waals surface area (Å²) in [4.78, 5) is 10.6. The molecular formula is C13H17ClN4O. The molecule has 1 aromatic heterocycles. The average Bonchev–Trinajstić information content (AvgIpc) is 2.38. The second-order valence-corrected chi connectivity index (χ2v) is 5.57. The van der Waals surface area contributed by atoms with Crippen LogP contribution in [-0.4, -0.2) is 35.8 Å². The van der Waals surface area contributed by atoms with Gasteiger partial charge in [-0.25, -0.2) is 9.97 Å². The molecule has 1 saturated heterocycles. The Kier molecular flexibility index (Phi) is 3.93. The number of hydrogen-bond donors (Lipinski definition) is 0. The fourth-order valence-corrected chi connectivity index (χ4v) is 2.18. The van der Waals surface area contributed by atoms with Crippen LogP contribution >= 0.6 is 11.6 Å². The lowest BCUT2D eigenvalue weighted by Gasteiger charge is -2.34. The van der Waals surface area contributed by atoms with Gasteiger partial charge in [-0.2, -0.15) is 5.26 Å². The maximum absolute atomic E-state index is 9.20. The molecule has 19 heavy (non-hydrogen) atoms. The van der Waals surface area contributed by atoms with Gasteiger partial charge in [-0.1, -0.05) is 0 Å². The Balaban J connectivity index is 2.39. The smallest absolute Gasteiger partial charge is 0.224 e. The van der Waals surface area contributed by atoms with Crippen molar-refractivity contribution in [1.29, 1.82) is 5.26 Å². The quantitative estimate of drug-likeness (QED) is 0.777. The van der Waals surface area contributed by atoms with E-state index in [0.717, 1.165) is 12.4 Å². The molecule has 0 unspecified atom stereocenters. The van der Waals surface area contributed by atoms with Gasteiger partial charge in [0.2, 0.25) is 5.28 Å². The molecule has 2 heterocycles. The number of anilines is 1. The molecule has 6 heteroatoms. The molecule has 0 bridgehead atoms. The van der Waals surface area contributed by atoms with Gasteiger partial charge in [0.15, 0.2) is 0 Å². The lowest BCUT2D eigenvalue weighted by molar-refractivity contribution is 0.0985. The van der Waals surface area contributed by atoms with Crippen molar-refractivity contribution in [3.05, 3.63) is 17.0 Å². The molecule has 1 aliphatic rings. The van der Waals surface area contributed by atoms with Crippen molar-refractivity contribution in [3.63, 3.8) is 0 Å². The highest BCUT2D eigenvalue weighted by Gasteiger charge is 2.26. The zero-order valence-electron chi connectivity index (χ0n) is 11.4. The molecule has 0 amide bonds. The van der Waals surface area contributed by atoms with Gasteiger partial charge in [0, 0.05) is 12.6 Å². The highest BCUT2D eigenvalue weighted by Crippen LogP contribution is 2.26. The molecule has 1 fully saturated rings. The van der Waals surface area contributed by atoms with Crippen LogP contribution in [0.2, 0.25) is 5.28 Å². The predicted octanol–water partition coefficient (Wildman–Crippen LogP) is 2.16. The predicted molar refractivity (Wildman–Crippen MR) is 73.3 cm³/mol. The number of rotatable bonds is 2. The number of nitrogens with zero attached hydrogens (tertiary/aromatic N) is 4. The molecule has 0 N–H and O–H groups in total. The summed E-state index contributed by atoms with van der Waals surface area (Å²) >= 11 is 5.99. The Hall–Kier alpha value is -1.38. The van der Waals surface area contributed by atoms with Gasteiger partial charge >= 0.3 is 0 Å². The van der Waals surface area contributed by atoms with E-state index in [-0.39, 0.29) is 11.3 Å². The monoisotopic (exact) mass is 280 g/mol. The molecule has 1 aromatic rings. The third kappa shape index (κ3) is 2.96. The summed E-state index contributed by atoms with van der Waals surface area (Å²) in [6.07, 6.45) is 0. The van der Waals surface area contributed by atoms with E-state index in [4.69, 9.17) is 16.3 Å². The Bertz CT molecular complexity index is 512. The Labute approximate surface area is 118 Å². The summed E-state index contributed by atoms with van der Waals surface area (Å²) in [6.45, 7) is 7.81. The van der Waals surface area contributed by atoms with E-state index in [0.29, 0.717) is 18.9 Å². The van der Waals surface area contributed by atoms with Crippen molar-refractivity contribution in [2.45, 2.75) is 32.2 Å². The minimum Gasteiger partial charge on any atom is -0.377 e. The minimum absolute atomic E-state index is 0.175. The molecule has 102 valence electrons. The number of hydrogen-bond acceptors (Lipinski definition) is 5. The van der Waals surface area contributed by atoms with Gasteiger partial charge in [-0.15, -0.1) is 0 Å². The number of aromatic nitrogens is 2. The number of morpholine rings is 1. The van der Waals surface area contributed by atoms with Gasteiger partial charge < -0.3 is 9.64 Å². The maximum atomic E-state index is 9.20. The van der Waals surface area contributed by atoms with Gasteiger partial charge in [0.1, 0.15) is 5.82 Å². The second kappa shape index (κ2) is 5.32. The number of ether oxygens (including phenoxy) is 1. The van der Waals surface area contributed by atoms with Crippen molar-refractivity contribution in [3.8, 4) is 6.07 Å². The number of nitriles is 1. The lowest BCUT2D eigenvalue weighted by atomic mass is 9.91. The van der Waals surface area contributed by atoms with Crippen LogP contribution in [0.3, 0.4) is 0 Å². The van der Waals surface area contributed by atoms with Crippen molar-refractivity contribution in [2.24, 2.45) is 0 Å². The van der Waals surface area contributed by atoms with Crippen molar-refractivity contribution in [2.75, 3.05) is 24.7 Å². The molecule has 2 rings (SSSR count). The summed E-state index contributed by atoms with van der Waals surface area (Å²) in [6, 6.07) is 4.31. The van der Waals surface area contributed by atoms with Crippen LogP contribution in [0.15, 0.2) is 6.07 Å². The van der Waals surface area contributed by atoms with Crippen LogP contribution in [0.25, 0.3) is 0 Å². The number of halogens is 1. The van der Waals surface area contributed by atoms with Crippen molar-refractivity contribution in [1.82, 2.24) is 9.97 Å². The molecule has 0 aliphatic carbocycles. The van der Waals surface area contributed by atoms with Crippen LogP contribution in [0, 0.1) is 11.3 Å². The van der Waals surface area contributed by atoms with E-state index >= 15 is 0 Å². The fraction of sp³-hybridized carbons (Fsp3) is 0.615. The maximum Gasteiger partial charge on any atom is 0.224 e. The first-order valence-electron chi connectivity index (χ1n) is 6.25. The van der Waals surface area contributed by atoms with E-state index in [2.05, 4.69) is 27.9 Å². The first kappa shape index (κ1) is 14.0. The summed E-state index contributed by atoms with van der Waals surface area (Å²) in [5, 5.41) is 9.38. The lowest BCUT2D eigenvalue weighted by Crippen LogP contribution is -2.44. The molecule has 0 aromatic carbocycles. The Morgan fingerprint density at radius 2 is 2.26 bits per heavy atom. The van der Waals surface area contributed by atoms with Crippen molar-refractivity contribution >= 4 is 17.4 Å². The van der Waals surface area contributed by atoms with E-state index in [9.17, 15) is 5.26 Å². The minimum atomic E-state index is -0.684. The topological polar surface area (TPSA) is 62.0 Å². The normalized spacial score (nSPS) is 20.2. The standard InChI is InChI=1S/C13H17ClN4O/c1-9-7-19-5-4-18(9)11-6-10(13(2,3)8-15)16-12(14)17-11/h6,9H,4-5,7H2,1-3H3/t9-/m1/s1. The first-order valence-corrected chi connectivity index (χ1v) is 6.62. The van der Waals surface area contributed by atoms with E-state index < -0.39 is 5.41 Å². The summed E-state index contributed by atoms with van der Waals surface area (Å²) < 4.78 is 5.41. The molecule has 1 atom stereocenters. The van der Waals surface area contributed by atoms with E-state index in [1.54, 1.807) is 0 Å². The molecule has 0 radical (unpaired) electrons. The molecule has 0 saturated carbocycles. The van der Waals surface area contributed by atoms with Crippen LogP contribution in [0.4, 0.5) is 5.82 Å². The summed E-state index contributed by atoms with van der Waals surface area (Å²) in [5.41, 5.74) is -0.0414. The third-order valence-corrected chi connectivity index (χ3v) is 3.44. The van der Waals surface area contributed by atoms with E-state index in [1.807, 2.05) is 19.9 Å². The largest absolute Gasteiger partial charge is 0.377 e. The molecule has 1 aliphatic heterocycles. The molecule has 5 nitrogen and oxygen atoms in total. The molecular weight excluding hydrogens is 264 g/mol. The highest BCUT2D eigenvalue weighted by molar-refractivity contribution is 6.28. The average molecular weight is 281 g/mol.